The average Bonchev–Trinajstić information content (AvgIpc) is 2.53. The van der Waals surface area contributed by atoms with E-state index in [1.54, 1.807) is 0 Å². The maximum Gasteiger partial charge on any atom is 0.224 e. The van der Waals surface area contributed by atoms with E-state index in [4.69, 9.17) is 0 Å². The zero-order valence-corrected chi connectivity index (χ0v) is 13.4. The van der Waals surface area contributed by atoms with Gasteiger partial charge in [0.2, 0.25) is 5.91 Å². The highest BCUT2D eigenvalue weighted by Gasteiger charge is 2.25. The van der Waals surface area contributed by atoms with E-state index in [0.717, 1.165) is 38.8 Å². The highest BCUT2D eigenvalue weighted by molar-refractivity contribution is 5.77. The molecule has 0 bridgehead atoms. The highest BCUT2D eigenvalue weighted by Crippen LogP contribution is 2.30. The Morgan fingerprint density at radius 1 is 1.32 bits per heavy atom. The molecule has 0 aromatic heterocycles. The quantitative estimate of drug-likeness (QED) is 0.931. The standard InChI is InChI=1S/C18H26N2O2/c1-14-8-9-15-5-2-3-7-17(15)20(14)12-10-18(22)19-11-4-6-16(21)13-19/h2-3,5,7,14,16,21H,4,6,8-13H2,1H3/t14-,16+/m0/s1. The molecule has 22 heavy (non-hydrogen) atoms. The summed E-state index contributed by atoms with van der Waals surface area (Å²) in [5, 5.41) is 9.71. The third-order valence-corrected chi connectivity index (χ3v) is 4.98. The second-order valence-electron chi connectivity index (χ2n) is 6.60. The number of aryl methyl sites for hydroxylation is 1. The molecule has 1 N–H and O–H groups in total. The summed E-state index contributed by atoms with van der Waals surface area (Å²) >= 11 is 0. The number of anilines is 1. The van der Waals surface area contributed by atoms with E-state index in [0.29, 0.717) is 19.0 Å². The number of fused-ring (bicyclic) bond motifs is 1. The summed E-state index contributed by atoms with van der Waals surface area (Å²) in [5.74, 6) is 0.175. The summed E-state index contributed by atoms with van der Waals surface area (Å²) in [6, 6.07) is 9.01. The van der Waals surface area contributed by atoms with Gasteiger partial charge in [-0.1, -0.05) is 18.2 Å². The van der Waals surface area contributed by atoms with Crippen molar-refractivity contribution in [3.05, 3.63) is 29.8 Å². The molecule has 2 heterocycles. The molecule has 4 heteroatoms. The van der Waals surface area contributed by atoms with Gasteiger partial charge < -0.3 is 14.9 Å². The van der Waals surface area contributed by atoms with Gasteiger partial charge in [0.15, 0.2) is 0 Å². The molecule has 2 aliphatic heterocycles. The van der Waals surface area contributed by atoms with Crippen LogP contribution in [-0.4, -0.2) is 47.7 Å². The molecule has 3 rings (SSSR count). The lowest BCUT2D eigenvalue weighted by Gasteiger charge is -2.38. The molecule has 0 spiro atoms. The minimum Gasteiger partial charge on any atom is -0.391 e. The number of rotatable bonds is 3. The van der Waals surface area contributed by atoms with Gasteiger partial charge in [-0.3, -0.25) is 4.79 Å². The molecule has 1 saturated heterocycles. The Kier molecular flexibility index (Phi) is 4.67. The van der Waals surface area contributed by atoms with Crippen molar-refractivity contribution in [3.63, 3.8) is 0 Å². The lowest BCUT2D eigenvalue weighted by atomic mass is 9.96. The number of piperidine rings is 1. The van der Waals surface area contributed by atoms with E-state index < -0.39 is 0 Å². The van der Waals surface area contributed by atoms with Gasteiger partial charge in [0.1, 0.15) is 0 Å². The fourth-order valence-corrected chi connectivity index (χ4v) is 3.66. The van der Waals surface area contributed by atoms with Gasteiger partial charge in [-0.15, -0.1) is 0 Å². The summed E-state index contributed by atoms with van der Waals surface area (Å²) in [5.41, 5.74) is 2.68. The van der Waals surface area contributed by atoms with Crippen molar-refractivity contribution in [2.45, 2.75) is 51.2 Å². The molecule has 2 aliphatic rings. The first-order valence-corrected chi connectivity index (χ1v) is 8.45. The number of para-hydroxylation sites is 1. The van der Waals surface area contributed by atoms with Crippen LogP contribution in [0.4, 0.5) is 5.69 Å². The van der Waals surface area contributed by atoms with E-state index in [9.17, 15) is 9.90 Å². The number of benzene rings is 1. The van der Waals surface area contributed by atoms with Gasteiger partial charge in [0, 0.05) is 37.8 Å². The monoisotopic (exact) mass is 302 g/mol. The van der Waals surface area contributed by atoms with Crippen LogP contribution in [0.25, 0.3) is 0 Å². The average molecular weight is 302 g/mol. The topological polar surface area (TPSA) is 43.8 Å². The van der Waals surface area contributed by atoms with Crippen molar-refractivity contribution in [2.75, 3.05) is 24.5 Å². The minimum absolute atomic E-state index is 0.175. The van der Waals surface area contributed by atoms with Gasteiger partial charge in [0.05, 0.1) is 6.10 Å². The molecule has 1 aromatic carbocycles. The van der Waals surface area contributed by atoms with Crippen LogP contribution in [0.1, 0.15) is 38.2 Å². The van der Waals surface area contributed by atoms with Crippen LogP contribution >= 0.6 is 0 Å². The number of carbonyl (C=O) groups excluding carboxylic acids is 1. The van der Waals surface area contributed by atoms with Crippen LogP contribution < -0.4 is 4.90 Å². The first-order valence-electron chi connectivity index (χ1n) is 8.45. The fraction of sp³-hybridized carbons (Fsp3) is 0.611. The Morgan fingerprint density at radius 2 is 2.14 bits per heavy atom. The lowest BCUT2D eigenvalue weighted by molar-refractivity contribution is -0.134. The number of β-amino-alcohol motifs (C(OH)–C–C–N with tert-alkyl or cyclic N) is 1. The van der Waals surface area contributed by atoms with E-state index in [1.165, 1.54) is 11.3 Å². The molecule has 4 nitrogen and oxygen atoms in total. The minimum atomic E-state index is -0.340. The second kappa shape index (κ2) is 6.69. The van der Waals surface area contributed by atoms with Gasteiger partial charge in [-0.05, 0) is 44.2 Å². The smallest absolute Gasteiger partial charge is 0.224 e. The summed E-state index contributed by atoms with van der Waals surface area (Å²) in [6.07, 6.45) is 4.20. The predicted molar refractivity (Wildman–Crippen MR) is 88.0 cm³/mol. The Labute approximate surface area is 132 Å². The molecule has 0 saturated carbocycles. The van der Waals surface area contributed by atoms with Crippen LogP contribution in [0.15, 0.2) is 24.3 Å². The number of hydrogen-bond donors (Lipinski definition) is 1. The molecule has 1 fully saturated rings. The summed E-state index contributed by atoms with van der Waals surface area (Å²) in [6.45, 7) is 4.31. The Bertz CT molecular complexity index is 532. The van der Waals surface area contributed by atoms with Crippen LogP contribution in [0.2, 0.25) is 0 Å². The maximum absolute atomic E-state index is 12.4. The molecule has 120 valence electrons. The number of aliphatic hydroxyl groups is 1. The number of carbonyl (C=O) groups is 1. The van der Waals surface area contributed by atoms with Crippen molar-refractivity contribution in [1.82, 2.24) is 4.90 Å². The Balaban J connectivity index is 1.62. The van der Waals surface area contributed by atoms with Crippen molar-refractivity contribution >= 4 is 11.6 Å². The van der Waals surface area contributed by atoms with Crippen molar-refractivity contribution in [3.8, 4) is 0 Å². The number of hydrogen-bond acceptors (Lipinski definition) is 3. The second-order valence-corrected chi connectivity index (χ2v) is 6.60. The van der Waals surface area contributed by atoms with Crippen molar-refractivity contribution in [2.24, 2.45) is 0 Å². The van der Waals surface area contributed by atoms with Crippen LogP contribution in [0.3, 0.4) is 0 Å². The number of nitrogens with zero attached hydrogens (tertiary/aromatic N) is 2. The zero-order valence-electron chi connectivity index (χ0n) is 13.4. The molecule has 0 unspecified atom stereocenters. The van der Waals surface area contributed by atoms with E-state index in [-0.39, 0.29) is 12.0 Å². The number of likely N-dealkylation sites (tertiary alicyclic amines) is 1. The third-order valence-electron chi connectivity index (χ3n) is 4.98. The zero-order chi connectivity index (χ0) is 15.5. The highest BCUT2D eigenvalue weighted by atomic mass is 16.3. The summed E-state index contributed by atoms with van der Waals surface area (Å²) < 4.78 is 0. The lowest BCUT2D eigenvalue weighted by Crippen LogP contribution is -2.44. The van der Waals surface area contributed by atoms with Crippen LogP contribution in [0, 0.1) is 0 Å². The normalized spacial score (nSPS) is 25.0. The fourth-order valence-electron chi connectivity index (χ4n) is 3.66. The predicted octanol–water partition coefficient (Wildman–Crippen LogP) is 2.20. The Hall–Kier alpha value is -1.55. The summed E-state index contributed by atoms with van der Waals surface area (Å²) in [7, 11) is 0. The van der Waals surface area contributed by atoms with Gasteiger partial charge in [-0.25, -0.2) is 0 Å². The van der Waals surface area contributed by atoms with Crippen molar-refractivity contribution in [1.29, 1.82) is 0 Å². The van der Waals surface area contributed by atoms with Crippen LogP contribution in [-0.2, 0) is 11.2 Å². The molecule has 0 aliphatic carbocycles. The largest absolute Gasteiger partial charge is 0.391 e. The first kappa shape index (κ1) is 15.3. The van der Waals surface area contributed by atoms with Crippen LogP contribution in [0.5, 0.6) is 0 Å². The molecule has 1 aromatic rings. The molecule has 2 atom stereocenters. The van der Waals surface area contributed by atoms with Gasteiger partial charge in [0.25, 0.3) is 0 Å². The van der Waals surface area contributed by atoms with E-state index in [1.807, 2.05) is 4.90 Å². The first-order chi connectivity index (χ1) is 10.6. The molecular formula is C18H26N2O2. The molecule has 1 amide bonds. The number of aliphatic hydroxyl groups excluding tert-OH is 1. The Morgan fingerprint density at radius 3 is 2.95 bits per heavy atom. The SMILES string of the molecule is C[C@H]1CCc2ccccc2N1CCC(=O)N1CCC[C@@H](O)C1. The van der Waals surface area contributed by atoms with Gasteiger partial charge >= 0.3 is 0 Å². The van der Waals surface area contributed by atoms with Gasteiger partial charge in [-0.2, -0.15) is 0 Å². The maximum atomic E-state index is 12.4. The summed E-state index contributed by atoms with van der Waals surface area (Å²) in [4.78, 5) is 16.6. The van der Waals surface area contributed by atoms with E-state index >= 15 is 0 Å². The van der Waals surface area contributed by atoms with Crippen molar-refractivity contribution < 1.29 is 9.90 Å². The van der Waals surface area contributed by atoms with E-state index in [2.05, 4.69) is 36.1 Å². The molecule has 0 radical (unpaired) electrons. The molecular weight excluding hydrogens is 276 g/mol. The third kappa shape index (κ3) is 3.27. The number of amides is 1.